The zero-order valence-electron chi connectivity index (χ0n) is 8.48. The van der Waals surface area contributed by atoms with Crippen LogP contribution in [0.1, 0.15) is 29.1 Å². The molecule has 0 radical (unpaired) electrons. The highest BCUT2D eigenvalue weighted by Gasteiger charge is 2.16. The van der Waals surface area contributed by atoms with Crippen LogP contribution in [0.3, 0.4) is 0 Å². The van der Waals surface area contributed by atoms with Crippen LogP contribution in [-0.2, 0) is 6.42 Å². The Bertz CT molecular complexity index is 419. The summed E-state index contributed by atoms with van der Waals surface area (Å²) in [6.45, 7) is 4.05. The van der Waals surface area contributed by atoms with Crippen molar-refractivity contribution in [3.63, 3.8) is 0 Å². The second kappa shape index (κ2) is 4.82. The van der Waals surface area contributed by atoms with Gasteiger partial charge in [-0.15, -0.1) is 11.3 Å². The van der Waals surface area contributed by atoms with E-state index >= 15 is 0 Å². The van der Waals surface area contributed by atoms with E-state index in [0.29, 0.717) is 5.92 Å². The summed E-state index contributed by atoms with van der Waals surface area (Å²) in [7, 11) is 0. The molecule has 0 spiro atoms. The van der Waals surface area contributed by atoms with Crippen molar-refractivity contribution < 1.29 is 9.90 Å². The topological polar surface area (TPSA) is 90.4 Å². The minimum Gasteiger partial charge on any atom is -0.544 e. The van der Waals surface area contributed by atoms with Gasteiger partial charge in [-0.05, 0) is 23.3 Å². The van der Waals surface area contributed by atoms with Crippen LogP contribution in [0.25, 0.3) is 0 Å². The lowest BCUT2D eigenvalue weighted by Crippen LogP contribution is -2.21. The summed E-state index contributed by atoms with van der Waals surface area (Å²) in [6, 6.07) is 0. The number of aromatic carboxylic acids is 1. The number of thiophene rings is 1. The van der Waals surface area contributed by atoms with Crippen LogP contribution >= 0.6 is 11.3 Å². The number of nitrogens with zero attached hydrogens (tertiary/aromatic N) is 2. The van der Waals surface area contributed by atoms with E-state index in [1.807, 2.05) is 13.8 Å². The predicted octanol–water partition coefficient (Wildman–Crippen LogP) is 1.49. The average molecular weight is 225 g/mol. The molecule has 0 atom stereocenters. The molecule has 1 heterocycles. The number of rotatable bonds is 4. The molecule has 5 nitrogen and oxygen atoms in total. The number of hydrogen-bond acceptors (Lipinski definition) is 5. The summed E-state index contributed by atoms with van der Waals surface area (Å²) >= 11 is 1.07. The summed E-state index contributed by atoms with van der Waals surface area (Å²) in [5.74, 6) is -0.869. The van der Waals surface area contributed by atoms with Crippen molar-refractivity contribution in [3.8, 4) is 0 Å². The zero-order valence-corrected chi connectivity index (χ0v) is 9.30. The molecule has 0 bridgehead atoms. The van der Waals surface area contributed by atoms with Gasteiger partial charge in [0.2, 0.25) is 4.91 Å². The molecule has 1 aromatic rings. The molecule has 1 aromatic heterocycles. The van der Waals surface area contributed by atoms with Gasteiger partial charge in [0.15, 0.2) is 10.8 Å². The normalized spacial score (nSPS) is 10.1. The minimum absolute atomic E-state index is 0.0432. The van der Waals surface area contributed by atoms with E-state index in [9.17, 15) is 9.90 Å². The third kappa shape index (κ3) is 2.71. The Morgan fingerprint density at radius 3 is 2.87 bits per heavy atom. The van der Waals surface area contributed by atoms with Gasteiger partial charge in [-0.1, -0.05) is 13.8 Å². The van der Waals surface area contributed by atoms with E-state index in [1.165, 1.54) is 0 Å². The SMILES string of the molecule is CC(C)Cc1csc(C(=O)[O-])c1N=[N+]=N. The fraction of sp³-hybridized carbons (Fsp3) is 0.444. The van der Waals surface area contributed by atoms with Crippen LogP contribution < -0.4 is 10.0 Å². The molecule has 1 rings (SSSR count). The van der Waals surface area contributed by atoms with Gasteiger partial charge in [0, 0.05) is 0 Å². The summed E-state index contributed by atoms with van der Waals surface area (Å²) < 4.78 is 0. The number of nitrogens with one attached hydrogen (secondary N) is 1. The van der Waals surface area contributed by atoms with Crippen molar-refractivity contribution >= 4 is 23.0 Å². The third-order valence-corrected chi connectivity index (χ3v) is 2.80. The molecule has 0 aromatic carbocycles. The quantitative estimate of drug-likeness (QED) is 0.621. The van der Waals surface area contributed by atoms with E-state index in [1.54, 1.807) is 5.38 Å². The van der Waals surface area contributed by atoms with Crippen molar-refractivity contribution in [2.45, 2.75) is 20.3 Å². The van der Waals surface area contributed by atoms with Crippen LogP contribution in [0.15, 0.2) is 10.5 Å². The Labute approximate surface area is 91.0 Å². The number of carboxylic acid groups (broad SMARTS) is 1. The van der Waals surface area contributed by atoms with Crippen LogP contribution in [0.2, 0.25) is 0 Å². The molecule has 0 aliphatic heterocycles. The second-order valence-electron chi connectivity index (χ2n) is 3.52. The molecule has 1 N–H and O–H groups in total. The fourth-order valence-electron chi connectivity index (χ4n) is 1.28. The summed E-state index contributed by atoms with van der Waals surface area (Å²) in [4.78, 5) is 13.7. The Morgan fingerprint density at radius 2 is 2.40 bits per heavy atom. The second-order valence-corrected chi connectivity index (χ2v) is 4.40. The van der Waals surface area contributed by atoms with Gasteiger partial charge >= 0.3 is 0 Å². The Morgan fingerprint density at radius 1 is 1.73 bits per heavy atom. The smallest absolute Gasteiger partial charge is 0.220 e. The van der Waals surface area contributed by atoms with Crippen LogP contribution in [0.5, 0.6) is 0 Å². The van der Waals surface area contributed by atoms with E-state index in [4.69, 9.17) is 5.53 Å². The van der Waals surface area contributed by atoms with Crippen molar-refractivity contribution in [2.75, 3.05) is 0 Å². The van der Waals surface area contributed by atoms with Crippen molar-refractivity contribution in [2.24, 2.45) is 11.0 Å². The maximum absolute atomic E-state index is 10.7. The van der Waals surface area contributed by atoms with Gasteiger partial charge in [-0.25, -0.2) is 0 Å². The number of carbonyl (C=O) groups excluding carboxylic acids is 1. The number of carboxylic acids is 1. The van der Waals surface area contributed by atoms with Crippen LogP contribution in [0, 0.1) is 11.4 Å². The predicted molar refractivity (Wildman–Crippen MR) is 54.1 cm³/mol. The Hall–Kier alpha value is -1.52. The van der Waals surface area contributed by atoms with E-state index < -0.39 is 5.97 Å². The van der Waals surface area contributed by atoms with E-state index in [0.717, 1.165) is 23.3 Å². The van der Waals surface area contributed by atoms with Crippen molar-refractivity contribution in [3.05, 3.63) is 15.8 Å². The van der Waals surface area contributed by atoms with Crippen LogP contribution in [-0.4, -0.2) is 5.97 Å². The third-order valence-electron chi connectivity index (χ3n) is 1.80. The highest BCUT2D eigenvalue weighted by Crippen LogP contribution is 2.31. The number of hydrogen-bond donors (Lipinski definition) is 1. The molecule has 0 aliphatic carbocycles. The summed E-state index contributed by atoms with van der Waals surface area (Å²) in [5.41, 5.74) is 7.72. The first-order chi connectivity index (χ1) is 7.06. The first-order valence-electron chi connectivity index (χ1n) is 4.45. The number of carbonyl (C=O) groups is 1. The summed E-state index contributed by atoms with van der Waals surface area (Å²) in [5, 5.41) is 16.0. The monoisotopic (exact) mass is 225 g/mol. The standard InChI is InChI=1S/C9H11N3O2S/c1-5(2)3-6-4-15-8(9(13)14)7(6)11-12-10/h4-5,10H,3H2,1-2H3. The van der Waals surface area contributed by atoms with Crippen molar-refractivity contribution in [1.29, 1.82) is 5.53 Å². The highest BCUT2D eigenvalue weighted by molar-refractivity contribution is 7.12. The minimum atomic E-state index is -1.27. The highest BCUT2D eigenvalue weighted by atomic mass is 32.1. The molecule has 0 fully saturated rings. The first-order valence-corrected chi connectivity index (χ1v) is 5.33. The lowest BCUT2D eigenvalue weighted by Gasteiger charge is -2.01. The fourth-order valence-corrected chi connectivity index (χ4v) is 2.12. The Balaban J connectivity index is 3.17. The molecule has 80 valence electrons. The lowest BCUT2D eigenvalue weighted by molar-refractivity contribution is -0.254. The first kappa shape index (κ1) is 11.6. The molecular weight excluding hydrogens is 214 g/mol. The average Bonchev–Trinajstić information content (AvgIpc) is 2.48. The van der Waals surface area contributed by atoms with Gasteiger partial charge in [0.05, 0.1) is 10.8 Å². The maximum Gasteiger partial charge on any atom is 0.220 e. The molecule has 0 saturated carbocycles. The van der Waals surface area contributed by atoms with Gasteiger partial charge < -0.3 is 9.90 Å². The van der Waals surface area contributed by atoms with Gasteiger partial charge in [-0.3, -0.25) is 0 Å². The molecular formula is C9H11N3O2S. The molecule has 15 heavy (non-hydrogen) atoms. The Kier molecular flexibility index (Phi) is 3.71. The largest absolute Gasteiger partial charge is 0.544 e. The molecule has 0 amide bonds. The molecule has 0 saturated heterocycles. The maximum atomic E-state index is 10.7. The van der Waals surface area contributed by atoms with Gasteiger partial charge in [0.25, 0.3) is 0 Å². The molecule has 0 unspecified atom stereocenters. The summed E-state index contributed by atoms with van der Waals surface area (Å²) in [6.07, 6.45) is 0.720. The van der Waals surface area contributed by atoms with E-state index in [-0.39, 0.29) is 10.6 Å². The van der Waals surface area contributed by atoms with Gasteiger partial charge in [0.1, 0.15) is 5.53 Å². The van der Waals surface area contributed by atoms with Crippen molar-refractivity contribution in [1.82, 2.24) is 4.91 Å². The molecule has 0 aliphatic rings. The van der Waals surface area contributed by atoms with E-state index in [2.05, 4.69) is 10.0 Å². The molecule has 6 heteroatoms. The van der Waals surface area contributed by atoms with Gasteiger partial charge in [-0.2, -0.15) is 0 Å². The zero-order chi connectivity index (χ0) is 11.4. The van der Waals surface area contributed by atoms with Crippen LogP contribution in [0.4, 0.5) is 5.69 Å². The lowest BCUT2D eigenvalue weighted by atomic mass is 10.0.